The zero-order valence-electron chi connectivity index (χ0n) is 11.6. The zero-order valence-corrected chi connectivity index (χ0v) is 14.0. The number of alkyl halides is 1. The van der Waals surface area contributed by atoms with Crippen LogP contribution in [0.25, 0.3) is 11.0 Å². The summed E-state index contributed by atoms with van der Waals surface area (Å²) in [6, 6.07) is 12.1. The van der Waals surface area contributed by atoms with Gasteiger partial charge >= 0.3 is 0 Å². The first-order valence-electron chi connectivity index (χ1n) is 6.85. The van der Waals surface area contributed by atoms with Crippen LogP contribution < -0.4 is 0 Å². The lowest BCUT2D eigenvalue weighted by molar-refractivity contribution is 0.660. The molecule has 21 heavy (non-hydrogen) atoms. The summed E-state index contributed by atoms with van der Waals surface area (Å²) in [6.45, 7) is 2.77. The summed E-state index contributed by atoms with van der Waals surface area (Å²) in [5.41, 5.74) is 3.15. The number of hydrogen-bond donors (Lipinski definition) is 0. The first-order chi connectivity index (χ1) is 10.1. The fourth-order valence-corrected chi connectivity index (χ4v) is 2.94. The average molecular weight is 365 g/mol. The number of fused-ring (bicyclic) bond motifs is 1. The van der Waals surface area contributed by atoms with E-state index in [2.05, 4.69) is 36.5 Å². The van der Waals surface area contributed by atoms with Crippen LogP contribution in [0.1, 0.15) is 23.8 Å². The molecule has 0 aliphatic heterocycles. The Balaban J connectivity index is 1.98. The molecule has 1 aromatic carbocycles. The molecule has 108 valence electrons. The van der Waals surface area contributed by atoms with Crippen molar-refractivity contribution in [3.05, 3.63) is 58.6 Å². The maximum atomic E-state index is 6.29. The van der Waals surface area contributed by atoms with E-state index in [-0.39, 0.29) is 5.38 Å². The minimum atomic E-state index is -0.125. The SMILES string of the molecule is CC(Cl)c1nc2ccc(Br)cc2n1CCc1ccccn1. The van der Waals surface area contributed by atoms with Gasteiger partial charge in [0.05, 0.1) is 16.4 Å². The molecular weight excluding hydrogens is 350 g/mol. The summed E-state index contributed by atoms with van der Waals surface area (Å²) in [6.07, 6.45) is 2.68. The van der Waals surface area contributed by atoms with Crippen molar-refractivity contribution in [1.82, 2.24) is 14.5 Å². The highest BCUT2D eigenvalue weighted by Gasteiger charge is 2.15. The highest BCUT2D eigenvalue weighted by Crippen LogP contribution is 2.27. The van der Waals surface area contributed by atoms with E-state index < -0.39 is 0 Å². The van der Waals surface area contributed by atoms with Crippen LogP contribution in [0.3, 0.4) is 0 Å². The third-order valence-electron chi connectivity index (χ3n) is 3.41. The summed E-state index contributed by atoms with van der Waals surface area (Å²) >= 11 is 9.81. The van der Waals surface area contributed by atoms with Crippen molar-refractivity contribution < 1.29 is 0 Å². The molecule has 5 heteroatoms. The lowest BCUT2D eigenvalue weighted by Gasteiger charge is -2.10. The van der Waals surface area contributed by atoms with E-state index in [4.69, 9.17) is 11.6 Å². The molecule has 0 fully saturated rings. The van der Waals surface area contributed by atoms with Gasteiger partial charge in [-0.05, 0) is 37.3 Å². The topological polar surface area (TPSA) is 30.7 Å². The smallest absolute Gasteiger partial charge is 0.127 e. The number of imidazole rings is 1. The van der Waals surface area contributed by atoms with Crippen molar-refractivity contribution >= 4 is 38.6 Å². The summed E-state index contributed by atoms with van der Waals surface area (Å²) in [4.78, 5) is 9.03. The number of rotatable bonds is 4. The normalized spacial score (nSPS) is 12.7. The number of halogens is 2. The van der Waals surface area contributed by atoms with Crippen molar-refractivity contribution in [1.29, 1.82) is 0 Å². The number of hydrogen-bond acceptors (Lipinski definition) is 2. The molecule has 0 aliphatic rings. The molecule has 3 aromatic rings. The minimum absolute atomic E-state index is 0.125. The van der Waals surface area contributed by atoms with Gasteiger partial charge in [-0.1, -0.05) is 22.0 Å². The standard InChI is InChI=1S/C16H15BrClN3/c1-11(18)16-20-14-6-5-12(17)10-15(14)21(16)9-7-13-4-2-3-8-19-13/h2-6,8,10-11H,7,9H2,1H3. The number of aryl methyl sites for hydroxylation is 2. The van der Waals surface area contributed by atoms with Crippen LogP contribution in [0, 0.1) is 0 Å². The predicted octanol–water partition coefficient (Wildman–Crippen LogP) is 4.74. The second-order valence-corrected chi connectivity index (χ2v) is 6.51. The zero-order chi connectivity index (χ0) is 14.8. The van der Waals surface area contributed by atoms with Gasteiger partial charge in [-0.2, -0.15) is 0 Å². The summed E-state index contributed by atoms with van der Waals surface area (Å²) in [5.74, 6) is 0.903. The maximum Gasteiger partial charge on any atom is 0.127 e. The van der Waals surface area contributed by atoms with Crippen LogP contribution in [0.5, 0.6) is 0 Å². The summed E-state index contributed by atoms with van der Waals surface area (Å²) in [5, 5.41) is -0.125. The second-order valence-electron chi connectivity index (χ2n) is 4.94. The average Bonchev–Trinajstić information content (AvgIpc) is 2.84. The molecular formula is C16H15BrClN3. The highest BCUT2D eigenvalue weighted by atomic mass is 79.9. The molecule has 0 radical (unpaired) electrons. The monoisotopic (exact) mass is 363 g/mol. The van der Waals surface area contributed by atoms with E-state index in [1.807, 2.05) is 43.5 Å². The summed E-state index contributed by atoms with van der Waals surface area (Å²) in [7, 11) is 0. The van der Waals surface area contributed by atoms with E-state index >= 15 is 0 Å². The minimum Gasteiger partial charge on any atom is -0.326 e. The number of pyridine rings is 1. The quantitative estimate of drug-likeness (QED) is 0.626. The Bertz CT molecular complexity index is 753. The van der Waals surface area contributed by atoms with Gasteiger partial charge in [0.15, 0.2) is 0 Å². The molecule has 1 unspecified atom stereocenters. The Morgan fingerprint density at radius 1 is 1.29 bits per heavy atom. The van der Waals surface area contributed by atoms with Crippen LogP contribution in [0.2, 0.25) is 0 Å². The molecule has 0 saturated carbocycles. The maximum absolute atomic E-state index is 6.29. The van der Waals surface area contributed by atoms with Gasteiger partial charge in [-0.25, -0.2) is 4.98 Å². The van der Waals surface area contributed by atoms with Crippen LogP contribution in [0.15, 0.2) is 47.1 Å². The number of benzene rings is 1. The van der Waals surface area contributed by atoms with Gasteiger partial charge in [0, 0.05) is 29.3 Å². The number of aromatic nitrogens is 3. The van der Waals surface area contributed by atoms with Crippen LogP contribution in [0.4, 0.5) is 0 Å². The van der Waals surface area contributed by atoms with Crippen molar-refractivity contribution in [2.75, 3.05) is 0 Å². The fourth-order valence-electron chi connectivity index (χ4n) is 2.43. The molecule has 0 spiro atoms. The molecule has 0 aliphatic carbocycles. The van der Waals surface area contributed by atoms with Gasteiger partial charge in [0.2, 0.25) is 0 Å². The van der Waals surface area contributed by atoms with Gasteiger partial charge in [-0.15, -0.1) is 11.6 Å². The second kappa shape index (κ2) is 6.16. The third kappa shape index (κ3) is 3.11. The van der Waals surface area contributed by atoms with E-state index in [0.29, 0.717) is 0 Å². The molecule has 0 amide bonds. The van der Waals surface area contributed by atoms with Gasteiger partial charge in [0.1, 0.15) is 5.82 Å². The van der Waals surface area contributed by atoms with E-state index in [1.54, 1.807) is 0 Å². The lowest BCUT2D eigenvalue weighted by Crippen LogP contribution is -2.07. The molecule has 1 atom stereocenters. The van der Waals surface area contributed by atoms with Crippen molar-refractivity contribution in [2.24, 2.45) is 0 Å². The van der Waals surface area contributed by atoms with Crippen LogP contribution >= 0.6 is 27.5 Å². The van der Waals surface area contributed by atoms with Gasteiger partial charge in [-0.3, -0.25) is 4.98 Å². The first kappa shape index (κ1) is 14.5. The Morgan fingerprint density at radius 2 is 2.14 bits per heavy atom. The van der Waals surface area contributed by atoms with Crippen LogP contribution in [-0.2, 0) is 13.0 Å². The summed E-state index contributed by atoms with van der Waals surface area (Å²) < 4.78 is 3.23. The lowest BCUT2D eigenvalue weighted by atomic mass is 10.2. The fraction of sp³-hybridized carbons (Fsp3) is 0.250. The van der Waals surface area contributed by atoms with Crippen molar-refractivity contribution in [3.8, 4) is 0 Å². The molecule has 0 bridgehead atoms. The van der Waals surface area contributed by atoms with E-state index in [9.17, 15) is 0 Å². The van der Waals surface area contributed by atoms with Crippen molar-refractivity contribution in [3.63, 3.8) is 0 Å². The molecule has 3 rings (SSSR count). The Hall–Kier alpha value is -1.39. The highest BCUT2D eigenvalue weighted by molar-refractivity contribution is 9.10. The first-order valence-corrected chi connectivity index (χ1v) is 8.08. The van der Waals surface area contributed by atoms with Crippen LogP contribution in [-0.4, -0.2) is 14.5 Å². The molecule has 3 nitrogen and oxygen atoms in total. The Morgan fingerprint density at radius 3 is 2.86 bits per heavy atom. The Kier molecular flexibility index (Phi) is 4.27. The van der Waals surface area contributed by atoms with Crippen molar-refractivity contribution in [2.45, 2.75) is 25.3 Å². The Labute approximate surface area is 137 Å². The predicted molar refractivity (Wildman–Crippen MR) is 89.6 cm³/mol. The number of nitrogens with zero attached hydrogens (tertiary/aromatic N) is 3. The van der Waals surface area contributed by atoms with E-state index in [1.165, 1.54) is 0 Å². The molecule has 0 saturated heterocycles. The molecule has 2 heterocycles. The van der Waals surface area contributed by atoms with E-state index in [0.717, 1.165) is 40.0 Å². The molecule has 0 N–H and O–H groups in total. The van der Waals surface area contributed by atoms with Gasteiger partial charge in [0.25, 0.3) is 0 Å². The van der Waals surface area contributed by atoms with Gasteiger partial charge < -0.3 is 4.57 Å². The molecule has 2 aromatic heterocycles. The largest absolute Gasteiger partial charge is 0.326 e. The third-order valence-corrected chi connectivity index (χ3v) is 4.10.